The second kappa shape index (κ2) is 7.69. The van der Waals surface area contributed by atoms with Gasteiger partial charge >= 0.3 is 0 Å². The Labute approximate surface area is 112 Å². The molecule has 0 aliphatic heterocycles. The minimum Gasteiger partial charge on any atom is -0.496 e. The molecule has 3 nitrogen and oxygen atoms in total. The lowest BCUT2D eigenvalue weighted by Crippen LogP contribution is -2.20. The van der Waals surface area contributed by atoms with Gasteiger partial charge in [-0.15, -0.1) is 0 Å². The summed E-state index contributed by atoms with van der Waals surface area (Å²) in [6.45, 7) is 6.53. The van der Waals surface area contributed by atoms with E-state index in [-0.39, 0.29) is 0 Å². The Morgan fingerprint density at radius 1 is 1.35 bits per heavy atom. The van der Waals surface area contributed by atoms with Gasteiger partial charge in [0, 0.05) is 13.1 Å². The van der Waals surface area contributed by atoms with E-state index in [4.69, 9.17) is 9.47 Å². The Kier molecular flexibility index (Phi) is 6.55. The Morgan fingerprint density at radius 3 is 2.71 bits per heavy atom. The third-order valence-corrected chi connectivity index (χ3v) is 2.90. The number of hydrogen-bond acceptors (Lipinski definition) is 3. The molecule has 0 unspecified atom stereocenters. The zero-order valence-electron chi connectivity index (χ0n) is 10.6. The van der Waals surface area contributed by atoms with E-state index in [1.165, 1.54) is 5.56 Å². The molecule has 0 atom stereocenters. The smallest absolute Gasteiger partial charge is 0.133 e. The van der Waals surface area contributed by atoms with Crippen LogP contribution in [0.3, 0.4) is 0 Å². The molecule has 0 heterocycles. The highest BCUT2D eigenvalue weighted by atomic mass is 79.9. The largest absolute Gasteiger partial charge is 0.496 e. The highest BCUT2D eigenvalue weighted by Gasteiger charge is 2.01. The van der Waals surface area contributed by atoms with E-state index in [0.717, 1.165) is 29.9 Å². The van der Waals surface area contributed by atoms with Crippen molar-refractivity contribution in [2.75, 3.05) is 20.3 Å². The molecular formula is C13H20BrNO2. The number of halogens is 1. The van der Waals surface area contributed by atoms with Crippen LogP contribution in [0.4, 0.5) is 0 Å². The van der Waals surface area contributed by atoms with E-state index >= 15 is 0 Å². The summed E-state index contributed by atoms with van der Waals surface area (Å²) in [6, 6.07) is 6.08. The molecule has 0 aliphatic rings. The summed E-state index contributed by atoms with van der Waals surface area (Å²) in [4.78, 5) is 0. The summed E-state index contributed by atoms with van der Waals surface area (Å²) in [5.74, 6) is 0.858. The topological polar surface area (TPSA) is 30.5 Å². The molecule has 0 bridgehead atoms. The third-order valence-electron chi connectivity index (χ3n) is 2.28. The average Bonchev–Trinajstić information content (AvgIpc) is 2.28. The Hall–Kier alpha value is -0.580. The zero-order valence-corrected chi connectivity index (χ0v) is 12.2. The molecule has 17 heavy (non-hydrogen) atoms. The lowest BCUT2D eigenvalue weighted by Gasteiger charge is -2.09. The van der Waals surface area contributed by atoms with Gasteiger partial charge in [-0.05, 0) is 47.5 Å². The molecular weight excluding hydrogens is 282 g/mol. The predicted molar refractivity (Wildman–Crippen MR) is 73.5 cm³/mol. The molecule has 0 saturated heterocycles. The van der Waals surface area contributed by atoms with Crippen molar-refractivity contribution < 1.29 is 9.47 Å². The first kappa shape index (κ1) is 14.5. The predicted octanol–water partition coefficient (Wildman–Crippen LogP) is 2.97. The number of nitrogens with one attached hydrogen (secondary N) is 1. The van der Waals surface area contributed by atoms with Crippen molar-refractivity contribution in [2.45, 2.75) is 26.5 Å². The number of hydrogen-bond donors (Lipinski definition) is 1. The van der Waals surface area contributed by atoms with Gasteiger partial charge < -0.3 is 14.8 Å². The Bertz CT molecular complexity index is 342. The standard InChI is InChI=1S/C13H20BrNO2/c1-10(2)17-7-6-15-9-11-4-5-13(16-3)12(14)8-11/h4-5,8,10,15H,6-7,9H2,1-3H3. The fraction of sp³-hybridized carbons (Fsp3) is 0.538. The van der Waals surface area contributed by atoms with Crippen LogP contribution in [0.25, 0.3) is 0 Å². The van der Waals surface area contributed by atoms with Crippen LogP contribution in [0, 0.1) is 0 Å². The van der Waals surface area contributed by atoms with Gasteiger partial charge in [0.1, 0.15) is 5.75 Å². The van der Waals surface area contributed by atoms with E-state index in [0.29, 0.717) is 6.10 Å². The molecule has 0 fully saturated rings. The van der Waals surface area contributed by atoms with Crippen LogP contribution in [0.1, 0.15) is 19.4 Å². The number of benzene rings is 1. The molecule has 0 amide bonds. The molecule has 0 spiro atoms. The van der Waals surface area contributed by atoms with Crippen molar-refractivity contribution in [3.8, 4) is 5.75 Å². The molecule has 1 N–H and O–H groups in total. The lowest BCUT2D eigenvalue weighted by molar-refractivity contribution is 0.0807. The molecule has 1 aromatic rings. The highest BCUT2D eigenvalue weighted by molar-refractivity contribution is 9.10. The van der Waals surface area contributed by atoms with Gasteiger partial charge in [0.05, 0.1) is 24.3 Å². The lowest BCUT2D eigenvalue weighted by atomic mass is 10.2. The van der Waals surface area contributed by atoms with Crippen LogP contribution in [0.15, 0.2) is 22.7 Å². The van der Waals surface area contributed by atoms with Gasteiger partial charge in [-0.3, -0.25) is 0 Å². The van der Waals surface area contributed by atoms with Gasteiger partial charge in [-0.2, -0.15) is 0 Å². The first-order valence-corrected chi connectivity index (χ1v) is 6.57. The maximum Gasteiger partial charge on any atom is 0.133 e. The summed E-state index contributed by atoms with van der Waals surface area (Å²) in [7, 11) is 1.67. The van der Waals surface area contributed by atoms with Gasteiger partial charge in [-0.25, -0.2) is 0 Å². The van der Waals surface area contributed by atoms with Gasteiger partial charge in [0.25, 0.3) is 0 Å². The first-order valence-electron chi connectivity index (χ1n) is 5.78. The van der Waals surface area contributed by atoms with Gasteiger partial charge in [-0.1, -0.05) is 6.07 Å². The van der Waals surface area contributed by atoms with Crippen molar-refractivity contribution in [1.82, 2.24) is 5.32 Å². The van der Waals surface area contributed by atoms with E-state index in [1.807, 2.05) is 19.9 Å². The van der Waals surface area contributed by atoms with Crippen molar-refractivity contribution in [3.05, 3.63) is 28.2 Å². The van der Waals surface area contributed by atoms with Crippen LogP contribution in [-0.4, -0.2) is 26.4 Å². The fourth-order valence-electron chi connectivity index (χ4n) is 1.42. The molecule has 0 aliphatic carbocycles. The van der Waals surface area contributed by atoms with Crippen LogP contribution >= 0.6 is 15.9 Å². The van der Waals surface area contributed by atoms with Crippen molar-refractivity contribution in [1.29, 1.82) is 0 Å². The Morgan fingerprint density at radius 2 is 2.12 bits per heavy atom. The summed E-state index contributed by atoms with van der Waals surface area (Å²) < 4.78 is 11.6. The van der Waals surface area contributed by atoms with Crippen LogP contribution in [-0.2, 0) is 11.3 Å². The van der Waals surface area contributed by atoms with Crippen LogP contribution in [0.2, 0.25) is 0 Å². The monoisotopic (exact) mass is 301 g/mol. The van der Waals surface area contributed by atoms with Crippen molar-refractivity contribution >= 4 is 15.9 Å². The molecule has 0 aromatic heterocycles. The van der Waals surface area contributed by atoms with Gasteiger partial charge in [0.15, 0.2) is 0 Å². The normalized spacial score (nSPS) is 10.9. The maximum absolute atomic E-state index is 5.45. The summed E-state index contributed by atoms with van der Waals surface area (Å²) in [6.07, 6.45) is 0.298. The minimum absolute atomic E-state index is 0.298. The van der Waals surface area contributed by atoms with E-state index < -0.39 is 0 Å². The van der Waals surface area contributed by atoms with E-state index in [2.05, 4.69) is 33.4 Å². The van der Waals surface area contributed by atoms with E-state index in [9.17, 15) is 0 Å². The molecule has 0 radical (unpaired) electrons. The highest BCUT2D eigenvalue weighted by Crippen LogP contribution is 2.25. The van der Waals surface area contributed by atoms with Crippen molar-refractivity contribution in [2.24, 2.45) is 0 Å². The molecule has 96 valence electrons. The molecule has 0 saturated carbocycles. The van der Waals surface area contributed by atoms with Crippen molar-refractivity contribution in [3.63, 3.8) is 0 Å². The van der Waals surface area contributed by atoms with Gasteiger partial charge in [0.2, 0.25) is 0 Å². The third kappa shape index (κ3) is 5.52. The second-order valence-electron chi connectivity index (χ2n) is 4.07. The summed E-state index contributed by atoms with van der Waals surface area (Å²) >= 11 is 3.47. The fourth-order valence-corrected chi connectivity index (χ4v) is 2.01. The SMILES string of the molecule is COc1ccc(CNCCOC(C)C)cc1Br. The van der Waals surface area contributed by atoms with Crippen LogP contribution in [0.5, 0.6) is 5.75 Å². The van der Waals surface area contributed by atoms with E-state index in [1.54, 1.807) is 7.11 Å². The molecule has 1 aromatic carbocycles. The number of methoxy groups -OCH3 is 1. The Balaban J connectivity index is 2.30. The zero-order chi connectivity index (χ0) is 12.7. The maximum atomic E-state index is 5.45. The minimum atomic E-state index is 0.298. The summed E-state index contributed by atoms with van der Waals surface area (Å²) in [5.41, 5.74) is 1.22. The summed E-state index contributed by atoms with van der Waals surface area (Å²) in [5, 5.41) is 3.34. The second-order valence-corrected chi connectivity index (χ2v) is 4.92. The molecule has 4 heteroatoms. The number of ether oxygens (including phenoxy) is 2. The molecule has 1 rings (SSSR count). The first-order chi connectivity index (χ1) is 8.13. The van der Waals surface area contributed by atoms with Crippen LogP contribution < -0.4 is 10.1 Å². The quantitative estimate of drug-likeness (QED) is 0.786. The number of rotatable bonds is 7. The average molecular weight is 302 g/mol.